The van der Waals surface area contributed by atoms with E-state index < -0.39 is 22.5 Å². The Morgan fingerprint density at radius 1 is 1.10 bits per heavy atom. The van der Waals surface area contributed by atoms with Crippen LogP contribution < -0.4 is 19.5 Å². The van der Waals surface area contributed by atoms with E-state index in [1.165, 1.54) is 49.6 Å². The number of sulfonamides is 1. The maximum Gasteiger partial charge on any atom is 0.387 e. The van der Waals surface area contributed by atoms with Crippen LogP contribution in [0.1, 0.15) is 36.2 Å². The van der Waals surface area contributed by atoms with Crippen molar-refractivity contribution < 1.29 is 31.5 Å². The number of benzene rings is 2. The molecule has 0 bridgehead atoms. The van der Waals surface area contributed by atoms with Gasteiger partial charge in [-0.1, -0.05) is 13.0 Å². The molecule has 0 aromatic heterocycles. The Labute approximate surface area is 174 Å². The first-order chi connectivity index (χ1) is 14.2. The van der Waals surface area contributed by atoms with Gasteiger partial charge in [0.15, 0.2) is 11.5 Å². The molecule has 0 aliphatic rings. The van der Waals surface area contributed by atoms with E-state index in [4.69, 9.17) is 4.74 Å². The van der Waals surface area contributed by atoms with Gasteiger partial charge in [-0.25, -0.2) is 13.1 Å². The van der Waals surface area contributed by atoms with Crippen molar-refractivity contribution in [2.75, 3.05) is 7.11 Å². The summed E-state index contributed by atoms with van der Waals surface area (Å²) in [5.41, 5.74) is 0.890. The highest BCUT2D eigenvalue weighted by Gasteiger charge is 2.17. The van der Waals surface area contributed by atoms with E-state index in [2.05, 4.69) is 14.8 Å². The molecule has 1 amide bonds. The number of hydrogen-bond donors (Lipinski definition) is 2. The molecule has 7 nitrogen and oxygen atoms in total. The first-order valence-electron chi connectivity index (χ1n) is 9.18. The SMILES string of the molecule is CCC(C)NS(=O)(=O)c1ccc(C(=O)NCc2ccc(OC(F)F)c(OC)c2)cc1. The van der Waals surface area contributed by atoms with Crippen molar-refractivity contribution in [2.24, 2.45) is 0 Å². The van der Waals surface area contributed by atoms with Gasteiger partial charge in [0.25, 0.3) is 5.91 Å². The van der Waals surface area contributed by atoms with Crippen LogP contribution in [-0.4, -0.2) is 34.1 Å². The summed E-state index contributed by atoms with van der Waals surface area (Å²) in [6.07, 6.45) is 0.653. The molecule has 0 radical (unpaired) electrons. The number of methoxy groups -OCH3 is 1. The monoisotopic (exact) mass is 442 g/mol. The summed E-state index contributed by atoms with van der Waals surface area (Å²) in [6, 6.07) is 9.69. The third-order valence-corrected chi connectivity index (χ3v) is 5.90. The standard InChI is InChI=1S/C20H24F2N2O5S/c1-4-13(2)24-30(26,27)16-8-6-15(7-9-16)19(25)23-12-14-5-10-17(29-20(21)22)18(11-14)28-3/h5-11,13,20,24H,4,12H2,1-3H3,(H,23,25). The molecule has 10 heteroatoms. The molecule has 2 aromatic rings. The highest BCUT2D eigenvalue weighted by atomic mass is 32.2. The van der Waals surface area contributed by atoms with Gasteiger partial charge in [0, 0.05) is 18.2 Å². The van der Waals surface area contributed by atoms with Crippen molar-refractivity contribution in [3.8, 4) is 11.5 Å². The summed E-state index contributed by atoms with van der Waals surface area (Å²) in [6.45, 7) is 0.771. The fourth-order valence-corrected chi connectivity index (χ4v) is 3.83. The molecule has 2 rings (SSSR count). The minimum absolute atomic E-state index is 0.0682. The topological polar surface area (TPSA) is 93.7 Å². The lowest BCUT2D eigenvalue weighted by atomic mass is 10.1. The number of ether oxygens (including phenoxy) is 2. The number of nitrogens with one attached hydrogen (secondary N) is 2. The van der Waals surface area contributed by atoms with Crippen LogP contribution in [0.5, 0.6) is 11.5 Å². The summed E-state index contributed by atoms with van der Waals surface area (Å²) in [5.74, 6) is -0.406. The van der Waals surface area contributed by atoms with Crippen LogP contribution in [0.2, 0.25) is 0 Å². The summed E-state index contributed by atoms with van der Waals surface area (Å²) < 4.78 is 61.2. The van der Waals surface area contributed by atoms with E-state index in [1.807, 2.05) is 6.92 Å². The number of halogens is 2. The van der Waals surface area contributed by atoms with E-state index in [0.717, 1.165) is 0 Å². The van der Waals surface area contributed by atoms with Gasteiger partial charge in [-0.2, -0.15) is 8.78 Å². The lowest BCUT2D eigenvalue weighted by molar-refractivity contribution is -0.0512. The maximum absolute atomic E-state index is 12.4. The van der Waals surface area contributed by atoms with Crippen molar-refractivity contribution >= 4 is 15.9 Å². The zero-order valence-electron chi connectivity index (χ0n) is 16.8. The number of carbonyl (C=O) groups is 1. The predicted octanol–water partition coefficient (Wildman–Crippen LogP) is 3.30. The van der Waals surface area contributed by atoms with Crippen LogP contribution in [0.25, 0.3) is 0 Å². The lowest BCUT2D eigenvalue weighted by Gasteiger charge is -2.13. The highest BCUT2D eigenvalue weighted by molar-refractivity contribution is 7.89. The Hall–Kier alpha value is -2.72. The fraction of sp³-hybridized carbons (Fsp3) is 0.350. The second kappa shape index (κ2) is 10.4. The number of alkyl halides is 2. The molecule has 0 aliphatic carbocycles. The summed E-state index contributed by atoms with van der Waals surface area (Å²) in [5, 5.41) is 2.68. The number of rotatable bonds is 10. The minimum Gasteiger partial charge on any atom is -0.493 e. The predicted molar refractivity (Wildman–Crippen MR) is 107 cm³/mol. The molecular weight excluding hydrogens is 418 g/mol. The van der Waals surface area contributed by atoms with Crippen LogP contribution in [0, 0.1) is 0 Å². The fourth-order valence-electron chi connectivity index (χ4n) is 2.50. The largest absolute Gasteiger partial charge is 0.493 e. The number of amides is 1. The first-order valence-corrected chi connectivity index (χ1v) is 10.7. The van der Waals surface area contributed by atoms with Crippen molar-refractivity contribution in [1.29, 1.82) is 0 Å². The van der Waals surface area contributed by atoms with E-state index >= 15 is 0 Å². The lowest BCUT2D eigenvalue weighted by Crippen LogP contribution is -2.32. The van der Waals surface area contributed by atoms with Crippen molar-refractivity contribution in [1.82, 2.24) is 10.0 Å². The first kappa shape index (κ1) is 23.6. The third kappa shape index (κ3) is 6.39. The van der Waals surface area contributed by atoms with Crippen LogP contribution in [0.4, 0.5) is 8.78 Å². The van der Waals surface area contributed by atoms with Gasteiger partial charge in [-0.05, 0) is 55.3 Å². The normalized spacial score (nSPS) is 12.5. The highest BCUT2D eigenvalue weighted by Crippen LogP contribution is 2.29. The van der Waals surface area contributed by atoms with Gasteiger partial charge in [-0.3, -0.25) is 4.79 Å². The van der Waals surface area contributed by atoms with Gasteiger partial charge in [0.1, 0.15) is 0 Å². The van der Waals surface area contributed by atoms with Crippen LogP contribution in [0.15, 0.2) is 47.4 Å². The molecular formula is C20H24F2N2O5S. The average Bonchev–Trinajstić information content (AvgIpc) is 2.72. The van der Waals surface area contributed by atoms with Crippen molar-refractivity contribution in [3.63, 3.8) is 0 Å². The second-order valence-corrected chi connectivity index (χ2v) is 8.22. The Balaban J connectivity index is 2.03. The number of hydrogen-bond acceptors (Lipinski definition) is 5. The molecule has 2 N–H and O–H groups in total. The molecule has 30 heavy (non-hydrogen) atoms. The summed E-state index contributed by atoms with van der Waals surface area (Å²) in [4.78, 5) is 12.4. The van der Waals surface area contributed by atoms with Crippen LogP contribution in [-0.2, 0) is 16.6 Å². The zero-order valence-corrected chi connectivity index (χ0v) is 17.6. The van der Waals surface area contributed by atoms with Gasteiger partial charge >= 0.3 is 6.61 Å². The van der Waals surface area contributed by atoms with Gasteiger partial charge in [0.2, 0.25) is 10.0 Å². The van der Waals surface area contributed by atoms with Crippen molar-refractivity contribution in [2.45, 2.75) is 44.4 Å². The third-order valence-electron chi connectivity index (χ3n) is 4.29. The Kier molecular flexibility index (Phi) is 8.13. The van der Waals surface area contributed by atoms with Gasteiger partial charge < -0.3 is 14.8 Å². The van der Waals surface area contributed by atoms with Crippen LogP contribution in [0.3, 0.4) is 0 Å². The Bertz CT molecular complexity index is 966. The maximum atomic E-state index is 12.4. The molecule has 2 aromatic carbocycles. The van der Waals surface area contributed by atoms with E-state index in [-0.39, 0.29) is 34.5 Å². The molecule has 0 spiro atoms. The summed E-state index contributed by atoms with van der Waals surface area (Å²) >= 11 is 0. The van der Waals surface area contributed by atoms with Gasteiger partial charge in [-0.15, -0.1) is 0 Å². The molecule has 0 saturated carbocycles. The van der Waals surface area contributed by atoms with Gasteiger partial charge in [0.05, 0.1) is 12.0 Å². The quantitative estimate of drug-likeness (QED) is 0.589. The molecule has 0 heterocycles. The average molecular weight is 442 g/mol. The van der Waals surface area contributed by atoms with Crippen molar-refractivity contribution in [3.05, 3.63) is 53.6 Å². The minimum atomic E-state index is -3.65. The van der Waals surface area contributed by atoms with E-state index in [1.54, 1.807) is 6.92 Å². The van der Waals surface area contributed by atoms with E-state index in [9.17, 15) is 22.0 Å². The Morgan fingerprint density at radius 3 is 2.33 bits per heavy atom. The molecule has 1 atom stereocenters. The molecule has 0 fully saturated rings. The Morgan fingerprint density at radius 2 is 1.77 bits per heavy atom. The smallest absolute Gasteiger partial charge is 0.387 e. The zero-order chi connectivity index (χ0) is 22.3. The second-order valence-electron chi connectivity index (χ2n) is 6.50. The number of carbonyl (C=O) groups excluding carboxylic acids is 1. The molecule has 0 saturated heterocycles. The summed E-state index contributed by atoms with van der Waals surface area (Å²) in [7, 11) is -2.33. The molecule has 164 valence electrons. The molecule has 1 unspecified atom stereocenters. The molecule has 0 aliphatic heterocycles. The van der Waals surface area contributed by atoms with Crippen LogP contribution >= 0.6 is 0 Å². The van der Waals surface area contributed by atoms with E-state index in [0.29, 0.717) is 12.0 Å².